The molecule has 0 N–H and O–H groups in total. The summed E-state index contributed by atoms with van der Waals surface area (Å²) in [6.07, 6.45) is 2.75. The Morgan fingerprint density at radius 3 is 2.71 bits per heavy atom. The summed E-state index contributed by atoms with van der Waals surface area (Å²) in [6, 6.07) is 14.0. The van der Waals surface area contributed by atoms with Crippen LogP contribution >= 0.6 is 0 Å². The first-order valence-electron chi connectivity index (χ1n) is 7.19. The van der Waals surface area contributed by atoms with Gasteiger partial charge in [0.1, 0.15) is 5.52 Å². The van der Waals surface area contributed by atoms with Crippen molar-refractivity contribution < 1.29 is 4.42 Å². The van der Waals surface area contributed by atoms with Gasteiger partial charge in [0.15, 0.2) is 5.58 Å². The van der Waals surface area contributed by atoms with E-state index >= 15 is 0 Å². The molecule has 2 heterocycles. The molecule has 0 radical (unpaired) electrons. The van der Waals surface area contributed by atoms with Crippen LogP contribution in [0.5, 0.6) is 0 Å². The fourth-order valence-electron chi connectivity index (χ4n) is 2.29. The highest BCUT2D eigenvalue weighted by molar-refractivity contribution is 5.72. The summed E-state index contributed by atoms with van der Waals surface area (Å²) in [5.74, 6) is 0.764. The van der Waals surface area contributed by atoms with Gasteiger partial charge in [-0.3, -0.25) is 9.88 Å². The van der Waals surface area contributed by atoms with Crippen molar-refractivity contribution in [1.29, 1.82) is 0 Å². The molecule has 1 aromatic carbocycles. The molecular weight excluding hydrogens is 262 g/mol. The highest BCUT2D eigenvalue weighted by Gasteiger charge is 2.17. The Kier molecular flexibility index (Phi) is 3.97. The number of nitrogens with zero attached hydrogens (tertiary/aromatic N) is 3. The minimum atomic E-state index is 0.140. The van der Waals surface area contributed by atoms with Crippen molar-refractivity contribution in [3.05, 3.63) is 60.2 Å². The predicted octanol–water partition coefficient (Wildman–Crippen LogP) is 3.46. The lowest BCUT2D eigenvalue weighted by atomic mass is 10.2. The molecule has 0 aliphatic rings. The van der Waals surface area contributed by atoms with E-state index in [9.17, 15) is 0 Å². The third-order valence-corrected chi connectivity index (χ3v) is 3.78. The number of aromatic nitrogens is 2. The summed E-state index contributed by atoms with van der Waals surface area (Å²) < 4.78 is 5.83. The molecule has 0 unspecified atom stereocenters. The molecule has 0 saturated carbocycles. The van der Waals surface area contributed by atoms with Gasteiger partial charge in [0.2, 0.25) is 5.89 Å². The monoisotopic (exact) mass is 281 g/mol. The number of rotatable bonds is 5. The molecular formula is C17H19N3O. The predicted molar refractivity (Wildman–Crippen MR) is 83.0 cm³/mol. The first-order valence-corrected chi connectivity index (χ1v) is 7.19. The van der Waals surface area contributed by atoms with Crippen molar-refractivity contribution in [2.45, 2.75) is 19.4 Å². The second kappa shape index (κ2) is 6.06. The molecule has 2 aromatic heterocycles. The van der Waals surface area contributed by atoms with Crippen LogP contribution in [0.25, 0.3) is 11.1 Å². The van der Waals surface area contributed by atoms with Crippen LogP contribution < -0.4 is 0 Å². The standard InChI is InChI=1S/C17H19N3O/c1-13(17-19-15-8-3-4-9-16(15)21-17)20(2)12-10-14-7-5-6-11-18-14/h3-9,11,13H,10,12H2,1-2H3/t13-/m0/s1. The number of benzene rings is 1. The van der Waals surface area contributed by atoms with Crippen molar-refractivity contribution >= 4 is 11.1 Å². The zero-order valence-corrected chi connectivity index (χ0v) is 12.4. The van der Waals surface area contributed by atoms with Gasteiger partial charge in [0.25, 0.3) is 0 Å². The van der Waals surface area contributed by atoms with Crippen LogP contribution in [-0.4, -0.2) is 28.5 Å². The fraction of sp³-hybridized carbons (Fsp3) is 0.294. The SMILES string of the molecule is C[C@@H](c1nc2ccccc2o1)N(C)CCc1ccccn1. The first kappa shape index (κ1) is 13.8. The third-order valence-electron chi connectivity index (χ3n) is 3.78. The van der Waals surface area contributed by atoms with Gasteiger partial charge in [-0.15, -0.1) is 0 Å². The smallest absolute Gasteiger partial charge is 0.212 e. The average Bonchev–Trinajstić information content (AvgIpc) is 2.97. The normalized spacial score (nSPS) is 12.9. The lowest BCUT2D eigenvalue weighted by Crippen LogP contribution is -2.25. The molecule has 1 atom stereocenters. The maximum Gasteiger partial charge on any atom is 0.212 e. The molecule has 4 nitrogen and oxygen atoms in total. The summed E-state index contributed by atoms with van der Waals surface area (Å²) >= 11 is 0. The van der Waals surface area contributed by atoms with Crippen LogP contribution in [0.3, 0.4) is 0 Å². The van der Waals surface area contributed by atoms with E-state index in [0.29, 0.717) is 0 Å². The summed E-state index contributed by atoms with van der Waals surface area (Å²) in [6.45, 7) is 3.03. The quantitative estimate of drug-likeness (QED) is 0.718. The molecule has 0 fully saturated rings. The van der Waals surface area contributed by atoms with Crippen molar-refractivity contribution in [2.24, 2.45) is 0 Å². The number of hydrogen-bond donors (Lipinski definition) is 0. The summed E-state index contributed by atoms with van der Waals surface area (Å²) in [4.78, 5) is 11.2. The number of oxazole rings is 1. The van der Waals surface area contributed by atoms with E-state index in [0.717, 1.165) is 35.6 Å². The summed E-state index contributed by atoms with van der Waals surface area (Å²) in [7, 11) is 2.09. The number of pyridine rings is 1. The Labute approximate surface area is 124 Å². The molecule has 0 amide bonds. The second-order valence-electron chi connectivity index (χ2n) is 5.25. The van der Waals surface area contributed by atoms with Crippen LogP contribution in [0, 0.1) is 0 Å². The van der Waals surface area contributed by atoms with Gasteiger partial charge in [0, 0.05) is 24.9 Å². The molecule has 3 aromatic rings. The van der Waals surface area contributed by atoms with E-state index in [4.69, 9.17) is 4.42 Å². The Balaban J connectivity index is 1.67. The van der Waals surface area contributed by atoms with E-state index < -0.39 is 0 Å². The van der Waals surface area contributed by atoms with Gasteiger partial charge in [-0.2, -0.15) is 0 Å². The number of para-hydroxylation sites is 2. The Bertz CT molecular complexity index is 675. The number of hydrogen-bond acceptors (Lipinski definition) is 4. The topological polar surface area (TPSA) is 42.2 Å². The summed E-state index contributed by atoms with van der Waals surface area (Å²) in [5, 5.41) is 0. The van der Waals surface area contributed by atoms with Crippen LogP contribution in [0.2, 0.25) is 0 Å². The van der Waals surface area contributed by atoms with E-state index in [1.807, 2.05) is 42.6 Å². The molecule has 0 saturated heterocycles. The maximum atomic E-state index is 5.83. The Morgan fingerprint density at radius 2 is 1.95 bits per heavy atom. The van der Waals surface area contributed by atoms with E-state index in [-0.39, 0.29) is 6.04 Å². The largest absolute Gasteiger partial charge is 0.439 e. The van der Waals surface area contributed by atoms with Gasteiger partial charge in [0.05, 0.1) is 6.04 Å². The Morgan fingerprint density at radius 1 is 1.14 bits per heavy atom. The van der Waals surface area contributed by atoms with Gasteiger partial charge in [-0.25, -0.2) is 4.98 Å². The maximum absolute atomic E-state index is 5.83. The average molecular weight is 281 g/mol. The van der Waals surface area contributed by atoms with E-state index in [2.05, 4.69) is 34.9 Å². The minimum absolute atomic E-state index is 0.140. The zero-order valence-electron chi connectivity index (χ0n) is 12.4. The highest BCUT2D eigenvalue weighted by atomic mass is 16.3. The first-order chi connectivity index (χ1) is 10.2. The van der Waals surface area contributed by atoms with E-state index in [1.165, 1.54) is 0 Å². The highest BCUT2D eigenvalue weighted by Crippen LogP contribution is 2.23. The van der Waals surface area contributed by atoms with Gasteiger partial charge < -0.3 is 4.42 Å². The lowest BCUT2D eigenvalue weighted by molar-refractivity contribution is 0.230. The fourth-order valence-corrected chi connectivity index (χ4v) is 2.29. The minimum Gasteiger partial charge on any atom is -0.439 e. The third kappa shape index (κ3) is 3.11. The van der Waals surface area contributed by atoms with Gasteiger partial charge >= 0.3 is 0 Å². The lowest BCUT2D eigenvalue weighted by Gasteiger charge is -2.21. The van der Waals surface area contributed by atoms with E-state index in [1.54, 1.807) is 0 Å². The van der Waals surface area contributed by atoms with Crippen molar-refractivity contribution in [3.63, 3.8) is 0 Å². The molecule has 21 heavy (non-hydrogen) atoms. The molecule has 0 aliphatic heterocycles. The molecule has 0 aliphatic carbocycles. The second-order valence-corrected chi connectivity index (χ2v) is 5.25. The van der Waals surface area contributed by atoms with Crippen molar-refractivity contribution in [3.8, 4) is 0 Å². The molecule has 3 rings (SSSR count). The molecule has 108 valence electrons. The van der Waals surface area contributed by atoms with Crippen LogP contribution in [0.4, 0.5) is 0 Å². The van der Waals surface area contributed by atoms with Crippen molar-refractivity contribution in [1.82, 2.24) is 14.9 Å². The van der Waals surface area contributed by atoms with Crippen molar-refractivity contribution in [2.75, 3.05) is 13.6 Å². The summed E-state index contributed by atoms with van der Waals surface area (Å²) in [5.41, 5.74) is 2.86. The van der Waals surface area contributed by atoms with Crippen LogP contribution in [0.15, 0.2) is 53.1 Å². The zero-order chi connectivity index (χ0) is 14.7. The van der Waals surface area contributed by atoms with Gasteiger partial charge in [-0.1, -0.05) is 18.2 Å². The number of fused-ring (bicyclic) bond motifs is 1. The molecule has 0 bridgehead atoms. The molecule has 0 spiro atoms. The molecule has 4 heteroatoms. The van der Waals surface area contributed by atoms with Gasteiger partial charge in [-0.05, 0) is 38.2 Å². The number of likely N-dealkylation sites (N-methyl/N-ethyl adjacent to an activating group) is 1. The van der Waals surface area contributed by atoms with Crippen LogP contribution in [-0.2, 0) is 6.42 Å². The van der Waals surface area contributed by atoms with Crippen LogP contribution in [0.1, 0.15) is 24.6 Å². The Hall–Kier alpha value is -2.20.